The summed E-state index contributed by atoms with van der Waals surface area (Å²) in [6.45, 7) is 2.17. The van der Waals surface area contributed by atoms with Crippen molar-refractivity contribution in [1.29, 1.82) is 0 Å². The van der Waals surface area contributed by atoms with E-state index in [1.54, 1.807) is 6.07 Å². The third-order valence-electron chi connectivity index (χ3n) is 4.33. The third kappa shape index (κ3) is 3.67. The van der Waals surface area contributed by atoms with E-state index in [-0.39, 0.29) is 11.6 Å². The lowest BCUT2D eigenvalue weighted by atomic mass is 10.2. The van der Waals surface area contributed by atoms with Gasteiger partial charge >= 0.3 is 0 Å². The number of benzene rings is 1. The molecular formula is C17H23FN4OS. The minimum absolute atomic E-state index is 0.265. The normalized spacial score (nSPS) is 14.5. The number of hydrogen-bond donors (Lipinski definition) is 0. The Kier molecular flexibility index (Phi) is 5.30. The minimum atomic E-state index is -0.339. The standard InChI is InChI=1S/C17H23FN4OS/c1-20(11-13-7-8-15(23-2)14(18)10-13)12-22-17(24)21-9-5-3-4-6-16(21)19-22/h7-8,10H,3-6,9,11-12H2,1-2H3. The van der Waals surface area contributed by atoms with E-state index in [1.807, 2.05) is 17.8 Å². The molecule has 2 heterocycles. The molecule has 0 saturated heterocycles. The van der Waals surface area contributed by atoms with Gasteiger partial charge < -0.3 is 9.30 Å². The Morgan fingerprint density at radius 2 is 2.17 bits per heavy atom. The summed E-state index contributed by atoms with van der Waals surface area (Å²) in [6, 6.07) is 5.04. The Labute approximate surface area is 146 Å². The summed E-state index contributed by atoms with van der Waals surface area (Å²) in [5, 5.41) is 4.68. The van der Waals surface area contributed by atoms with Crippen molar-refractivity contribution in [2.24, 2.45) is 0 Å². The fourth-order valence-electron chi connectivity index (χ4n) is 3.12. The molecule has 1 aliphatic heterocycles. The predicted molar refractivity (Wildman–Crippen MR) is 93.0 cm³/mol. The molecule has 7 heteroatoms. The Bertz CT molecular complexity index is 770. The zero-order valence-corrected chi connectivity index (χ0v) is 15.0. The maximum atomic E-state index is 13.8. The van der Waals surface area contributed by atoms with E-state index < -0.39 is 0 Å². The van der Waals surface area contributed by atoms with Crippen molar-refractivity contribution < 1.29 is 9.13 Å². The highest BCUT2D eigenvalue weighted by molar-refractivity contribution is 7.71. The van der Waals surface area contributed by atoms with Gasteiger partial charge in [-0.05, 0) is 49.8 Å². The van der Waals surface area contributed by atoms with Gasteiger partial charge in [0.2, 0.25) is 0 Å². The number of aryl methyl sites for hydroxylation is 1. The molecule has 3 rings (SSSR count). The molecule has 130 valence electrons. The van der Waals surface area contributed by atoms with Gasteiger partial charge in [-0.15, -0.1) is 0 Å². The van der Waals surface area contributed by atoms with Crippen LogP contribution in [0.25, 0.3) is 0 Å². The highest BCUT2D eigenvalue weighted by Crippen LogP contribution is 2.19. The first-order valence-electron chi connectivity index (χ1n) is 8.26. The predicted octanol–water partition coefficient (Wildman–Crippen LogP) is 3.38. The Morgan fingerprint density at radius 3 is 2.92 bits per heavy atom. The molecule has 0 aliphatic carbocycles. The number of methoxy groups -OCH3 is 1. The molecule has 0 saturated carbocycles. The molecule has 0 N–H and O–H groups in total. The van der Waals surface area contributed by atoms with Crippen LogP contribution in [-0.2, 0) is 26.2 Å². The van der Waals surface area contributed by atoms with E-state index in [9.17, 15) is 4.39 Å². The Hall–Kier alpha value is -1.73. The average molecular weight is 350 g/mol. The van der Waals surface area contributed by atoms with Crippen LogP contribution >= 0.6 is 12.2 Å². The molecule has 5 nitrogen and oxygen atoms in total. The highest BCUT2D eigenvalue weighted by Gasteiger charge is 2.14. The monoisotopic (exact) mass is 350 g/mol. The van der Waals surface area contributed by atoms with Crippen LogP contribution in [0.1, 0.15) is 30.7 Å². The second kappa shape index (κ2) is 7.44. The maximum Gasteiger partial charge on any atom is 0.199 e. The Balaban J connectivity index is 1.70. The number of rotatable bonds is 5. The summed E-state index contributed by atoms with van der Waals surface area (Å²) in [4.78, 5) is 2.07. The first-order chi connectivity index (χ1) is 11.6. The van der Waals surface area contributed by atoms with Crippen molar-refractivity contribution in [3.8, 4) is 5.75 Å². The number of nitrogens with zero attached hydrogens (tertiary/aromatic N) is 4. The zero-order valence-electron chi connectivity index (χ0n) is 14.2. The van der Waals surface area contributed by atoms with E-state index in [4.69, 9.17) is 17.0 Å². The van der Waals surface area contributed by atoms with Gasteiger partial charge in [0.1, 0.15) is 5.82 Å². The molecule has 1 aromatic heterocycles. The van der Waals surface area contributed by atoms with Crippen LogP contribution in [0.3, 0.4) is 0 Å². The second-order valence-electron chi connectivity index (χ2n) is 6.29. The molecule has 0 atom stereocenters. The molecule has 0 spiro atoms. The molecule has 1 aromatic carbocycles. The number of fused-ring (bicyclic) bond motifs is 1. The maximum absolute atomic E-state index is 13.8. The fraction of sp³-hybridized carbons (Fsp3) is 0.529. The van der Waals surface area contributed by atoms with Gasteiger partial charge in [-0.3, -0.25) is 4.90 Å². The van der Waals surface area contributed by atoms with E-state index >= 15 is 0 Å². The molecule has 2 aromatic rings. The van der Waals surface area contributed by atoms with E-state index in [0.717, 1.165) is 35.5 Å². The summed E-state index contributed by atoms with van der Waals surface area (Å²) in [5.74, 6) is 1.01. The van der Waals surface area contributed by atoms with Crippen molar-refractivity contribution >= 4 is 12.2 Å². The second-order valence-corrected chi connectivity index (χ2v) is 6.65. The van der Waals surface area contributed by atoms with Gasteiger partial charge in [-0.1, -0.05) is 12.5 Å². The molecule has 0 radical (unpaired) electrons. The molecule has 0 unspecified atom stereocenters. The van der Waals surface area contributed by atoms with Crippen LogP contribution in [0.4, 0.5) is 4.39 Å². The average Bonchev–Trinajstić information content (AvgIpc) is 2.73. The number of hydrogen-bond acceptors (Lipinski definition) is 4. The molecule has 0 bridgehead atoms. The van der Waals surface area contributed by atoms with Crippen LogP contribution in [0, 0.1) is 10.6 Å². The summed E-state index contributed by atoms with van der Waals surface area (Å²) in [7, 11) is 3.45. The van der Waals surface area contributed by atoms with E-state index in [0.29, 0.717) is 13.2 Å². The van der Waals surface area contributed by atoms with Gasteiger partial charge in [0.25, 0.3) is 0 Å². The molecule has 1 aliphatic rings. The van der Waals surface area contributed by atoms with Crippen molar-refractivity contribution in [3.63, 3.8) is 0 Å². The highest BCUT2D eigenvalue weighted by atomic mass is 32.1. The number of ether oxygens (including phenoxy) is 1. The van der Waals surface area contributed by atoms with Gasteiger partial charge in [0.05, 0.1) is 13.8 Å². The summed E-state index contributed by atoms with van der Waals surface area (Å²) in [6.07, 6.45) is 4.56. The molecule has 0 amide bonds. The third-order valence-corrected chi connectivity index (χ3v) is 4.76. The van der Waals surface area contributed by atoms with E-state index in [1.165, 1.54) is 26.0 Å². The SMILES string of the molecule is COc1ccc(CN(C)Cn2nc3n(c2=S)CCCCC3)cc1F. The van der Waals surface area contributed by atoms with Gasteiger partial charge in [0, 0.05) is 19.5 Å². The summed E-state index contributed by atoms with van der Waals surface area (Å²) >= 11 is 5.57. The van der Waals surface area contributed by atoms with Crippen molar-refractivity contribution in [2.75, 3.05) is 14.2 Å². The molecule has 0 fully saturated rings. The van der Waals surface area contributed by atoms with Gasteiger partial charge in [0.15, 0.2) is 16.3 Å². The van der Waals surface area contributed by atoms with Crippen LogP contribution in [0.2, 0.25) is 0 Å². The minimum Gasteiger partial charge on any atom is -0.494 e. The molecular weight excluding hydrogens is 327 g/mol. The lowest BCUT2D eigenvalue weighted by molar-refractivity contribution is 0.242. The van der Waals surface area contributed by atoms with Crippen LogP contribution in [0.15, 0.2) is 18.2 Å². The van der Waals surface area contributed by atoms with Crippen molar-refractivity contribution in [1.82, 2.24) is 19.2 Å². The van der Waals surface area contributed by atoms with Crippen LogP contribution < -0.4 is 4.74 Å². The summed E-state index contributed by atoms with van der Waals surface area (Å²) < 4.78 is 23.6. The fourth-order valence-corrected chi connectivity index (χ4v) is 3.41. The van der Waals surface area contributed by atoms with Gasteiger partial charge in [-0.25, -0.2) is 9.07 Å². The first kappa shape index (κ1) is 17.1. The number of halogens is 1. The lowest BCUT2D eigenvalue weighted by Gasteiger charge is -2.17. The van der Waals surface area contributed by atoms with Crippen LogP contribution in [0.5, 0.6) is 5.75 Å². The Morgan fingerprint density at radius 1 is 1.33 bits per heavy atom. The number of aromatic nitrogens is 3. The van der Waals surface area contributed by atoms with Crippen molar-refractivity contribution in [3.05, 3.63) is 40.2 Å². The summed E-state index contributed by atoms with van der Waals surface area (Å²) in [5.41, 5.74) is 0.892. The smallest absolute Gasteiger partial charge is 0.199 e. The first-order valence-corrected chi connectivity index (χ1v) is 8.67. The van der Waals surface area contributed by atoms with Crippen molar-refractivity contribution in [2.45, 2.75) is 45.4 Å². The lowest BCUT2D eigenvalue weighted by Crippen LogP contribution is -2.22. The van der Waals surface area contributed by atoms with E-state index in [2.05, 4.69) is 14.6 Å². The van der Waals surface area contributed by atoms with Crippen LogP contribution in [-0.4, -0.2) is 33.4 Å². The quantitative estimate of drug-likeness (QED) is 0.775. The van der Waals surface area contributed by atoms with Gasteiger partial charge in [-0.2, -0.15) is 5.10 Å². The topological polar surface area (TPSA) is 35.2 Å². The zero-order chi connectivity index (χ0) is 17.1. The largest absolute Gasteiger partial charge is 0.494 e. The molecule has 24 heavy (non-hydrogen) atoms.